The Balaban J connectivity index is 1.81. The minimum Gasteiger partial charge on any atom is -0.394 e. The summed E-state index contributed by atoms with van der Waals surface area (Å²) in [5, 5.41) is 40.7. The number of rotatable bonds is 4. The predicted octanol–water partition coefficient (Wildman–Crippen LogP) is 0.240. The van der Waals surface area contributed by atoms with Gasteiger partial charge in [0, 0.05) is 35.1 Å². The summed E-state index contributed by atoms with van der Waals surface area (Å²) >= 11 is 0. The molecule has 3 aromatic rings. The molecule has 1 aliphatic heterocycles. The van der Waals surface area contributed by atoms with E-state index in [1.54, 1.807) is 53.4 Å². The highest BCUT2D eigenvalue weighted by atomic mass is 16.6. The number of hydrogen-bond acceptors (Lipinski definition) is 7. The van der Waals surface area contributed by atoms with Gasteiger partial charge in [-0.1, -0.05) is 18.2 Å². The highest BCUT2D eigenvalue weighted by Gasteiger charge is 2.44. The Kier molecular flexibility index (Phi) is 4.96. The van der Waals surface area contributed by atoms with E-state index in [0.717, 1.165) is 0 Å². The molecule has 0 aliphatic carbocycles. The van der Waals surface area contributed by atoms with Crippen LogP contribution in [0.5, 0.6) is 0 Å². The fourth-order valence-corrected chi connectivity index (χ4v) is 3.56. The lowest BCUT2D eigenvalue weighted by atomic mass is 9.98. The summed E-state index contributed by atoms with van der Waals surface area (Å²) in [6, 6.07) is 10.4. The van der Waals surface area contributed by atoms with Crippen molar-refractivity contribution >= 4 is 16.7 Å². The van der Waals surface area contributed by atoms with Crippen LogP contribution in [-0.4, -0.2) is 66.8 Å². The van der Waals surface area contributed by atoms with Crippen LogP contribution in [0.15, 0.2) is 55.0 Å². The third-order valence-corrected chi connectivity index (χ3v) is 5.05. The number of aliphatic hydroxyl groups is 4. The van der Waals surface area contributed by atoms with E-state index in [-0.39, 0.29) is 5.78 Å². The quantitative estimate of drug-likeness (QED) is 0.475. The fourth-order valence-electron chi connectivity index (χ4n) is 3.56. The number of carbonyl (C=O) groups excluding carboxylic acids is 1. The molecule has 1 fully saturated rings. The summed E-state index contributed by atoms with van der Waals surface area (Å²) in [6.07, 6.45) is -1.93. The molecule has 0 radical (unpaired) electrons. The number of benzene rings is 1. The minimum atomic E-state index is -1.51. The van der Waals surface area contributed by atoms with Gasteiger partial charge in [-0.25, -0.2) is 0 Å². The van der Waals surface area contributed by atoms with Crippen LogP contribution in [0.2, 0.25) is 0 Å². The van der Waals surface area contributed by atoms with Gasteiger partial charge in [0.1, 0.15) is 24.4 Å². The molecule has 8 nitrogen and oxygen atoms in total. The van der Waals surface area contributed by atoms with Crippen LogP contribution in [0, 0.1) is 0 Å². The Labute approximate surface area is 160 Å². The second kappa shape index (κ2) is 7.42. The number of aromatic nitrogens is 2. The van der Waals surface area contributed by atoms with Gasteiger partial charge in [0.05, 0.1) is 12.1 Å². The lowest BCUT2D eigenvalue weighted by Gasteiger charge is -2.40. The maximum Gasteiger partial charge on any atom is 0.196 e. The van der Waals surface area contributed by atoms with E-state index in [2.05, 4.69) is 4.98 Å². The number of carbonyl (C=O) groups is 1. The summed E-state index contributed by atoms with van der Waals surface area (Å²) in [5.41, 5.74) is 1.42. The Morgan fingerprint density at radius 1 is 1.07 bits per heavy atom. The number of nitrogens with zero attached hydrogens (tertiary/aromatic N) is 2. The summed E-state index contributed by atoms with van der Waals surface area (Å²) in [6.45, 7) is -0.526. The molecule has 0 amide bonds. The van der Waals surface area contributed by atoms with E-state index in [1.807, 2.05) is 0 Å². The van der Waals surface area contributed by atoms with Gasteiger partial charge in [-0.15, -0.1) is 0 Å². The van der Waals surface area contributed by atoms with Crippen molar-refractivity contribution in [1.82, 2.24) is 9.55 Å². The van der Waals surface area contributed by atoms with Gasteiger partial charge in [0.2, 0.25) is 0 Å². The molecule has 0 spiro atoms. The molecule has 1 aromatic carbocycles. The molecule has 3 heterocycles. The summed E-state index contributed by atoms with van der Waals surface area (Å²) in [7, 11) is 0. The zero-order valence-electron chi connectivity index (χ0n) is 14.8. The number of ether oxygens (including phenoxy) is 1. The SMILES string of the molecule is O=C(c1cccnc1)c1cn([C@@H]2O[C@H](CO)[C@@H](O)[C@H](O)[C@H]2O)c2ccccc12. The summed E-state index contributed by atoms with van der Waals surface area (Å²) in [5.74, 6) is -0.243. The molecule has 0 unspecified atom stereocenters. The molecular weight excluding hydrogens is 364 g/mol. The fraction of sp³-hybridized carbons (Fsp3) is 0.300. The minimum absolute atomic E-state index is 0.243. The highest BCUT2D eigenvalue weighted by Crippen LogP contribution is 2.33. The van der Waals surface area contributed by atoms with E-state index in [1.165, 1.54) is 6.20 Å². The Bertz CT molecular complexity index is 987. The van der Waals surface area contributed by atoms with Crippen molar-refractivity contribution < 1.29 is 30.0 Å². The number of hydrogen-bond donors (Lipinski definition) is 4. The molecule has 1 aliphatic rings. The van der Waals surface area contributed by atoms with E-state index < -0.39 is 37.3 Å². The number of fused-ring (bicyclic) bond motifs is 1. The van der Waals surface area contributed by atoms with Crippen LogP contribution in [0.1, 0.15) is 22.1 Å². The maximum atomic E-state index is 13.0. The second-order valence-electron chi connectivity index (χ2n) is 6.76. The monoisotopic (exact) mass is 384 g/mol. The van der Waals surface area contributed by atoms with Crippen LogP contribution in [0.4, 0.5) is 0 Å². The van der Waals surface area contributed by atoms with Gasteiger partial charge in [-0.05, 0) is 18.2 Å². The van der Waals surface area contributed by atoms with E-state index in [9.17, 15) is 25.2 Å². The van der Waals surface area contributed by atoms with Gasteiger partial charge >= 0.3 is 0 Å². The third-order valence-electron chi connectivity index (χ3n) is 5.05. The Morgan fingerprint density at radius 3 is 2.57 bits per heavy atom. The first-order valence-electron chi connectivity index (χ1n) is 8.87. The Morgan fingerprint density at radius 2 is 1.86 bits per heavy atom. The molecule has 0 saturated carbocycles. The molecule has 5 atom stereocenters. The van der Waals surface area contributed by atoms with E-state index in [0.29, 0.717) is 22.0 Å². The third kappa shape index (κ3) is 3.01. The van der Waals surface area contributed by atoms with Crippen molar-refractivity contribution in [3.63, 3.8) is 0 Å². The van der Waals surface area contributed by atoms with Gasteiger partial charge < -0.3 is 29.7 Å². The van der Waals surface area contributed by atoms with Gasteiger partial charge in [0.25, 0.3) is 0 Å². The van der Waals surface area contributed by atoms with Crippen molar-refractivity contribution in [1.29, 1.82) is 0 Å². The average Bonchev–Trinajstić information content (AvgIpc) is 3.12. The Hall–Kier alpha value is -2.62. The second-order valence-corrected chi connectivity index (χ2v) is 6.76. The molecule has 0 bridgehead atoms. The van der Waals surface area contributed by atoms with Crippen molar-refractivity contribution in [2.75, 3.05) is 6.61 Å². The standard InChI is InChI=1S/C20H20N2O6/c23-10-15-17(25)18(26)19(27)20(28-15)22-9-13(12-5-1-2-6-14(12)22)16(24)11-4-3-7-21-8-11/h1-9,15,17-20,23,25-27H,10H2/t15-,17-,18+,19-,20-/m1/s1. The van der Waals surface area contributed by atoms with Crippen molar-refractivity contribution in [2.24, 2.45) is 0 Å². The normalized spacial score (nSPS) is 27.8. The molecule has 146 valence electrons. The maximum absolute atomic E-state index is 13.0. The number of ketones is 1. The number of pyridine rings is 1. The zero-order valence-corrected chi connectivity index (χ0v) is 14.8. The summed E-state index contributed by atoms with van der Waals surface area (Å²) < 4.78 is 7.20. The summed E-state index contributed by atoms with van der Waals surface area (Å²) in [4.78, 5) is 17.0. The zero-order chi connectivity index (χ0) is 19.8. The number of aliphatic hydroxyl groups excluding tert-OH is 4. The van der Waals surface area contributed by atoms with Crippen molar-refractivity contribution in [3.8, 4) is 0 Å². The van der Waals surface area contributed by atoms with Crippen LogP contribution in [-0.2, 0) is 4.74 Å². The smallest absolute Gasteiger partial charge is 0.196 e. The first-order valence-corrected chi connectivity index (χ1v) is 8.87. The molecule has 4 N–H and O–H groups in total. The van der Waals surface area contributed by atoms with Gasteiger partial charge in [-0.2, -0.15) is 0 Å². The topological polar surface area (TPSA) is 125 Å². The van der Waals surface area contributed by atoms with Crippen molar-refractivity contribution in [2.45, 2.75) is 30.6 Å². The predicted molar refractivity (Wildman–Crippen MR) is 98.6 cm³/mol. The molecule has 8 heteroatoms. The van der Waals surface area contributed by atoms with Gasteiger partial charge in [0.15, 0.2) is 12.0 Å². The van der Waals surface area contributed by atoms with Crippen molar-refractivity contribution in [3.05, 3.63) is 66.1 Å². The largest absolute Gasteiger partial charge is 0.394 e. The molecule has 1 saturated heterocycles. The highest BCUT2D eigenvalue weighted by molar-refractivity contribution is 6.16. The molecular formula is C20H20N2O6. The first-order chi connectivity index (χ1) is 13.5. The average molecular weight is 384 g/mol. The van der Waals surface area contributed by atoms with E-state index in [4.69, 9.17) is 4.74 Å². The van der Waals surface area contributed by atoms with Crippen LogP contribution in [0.3, 0.4) is 0 Å². The van der Waals surface area contributed by atoms with E-state index >= 15 is 0 Å². The molecule has 2 aromatic heterocycles. The molecule has 4 rings (SSSR count). The van der Waals surface area contributed by atoms with Gasteiger partial charge in [-0.3, -0.25) is 9.78 Å². The number of para-hydroxylation sites is 1. The lowest BCUT2D eigenvalue weighted by molar-refractivity contribution is -0.250. The van der Waals surface area contributed by atoms with Crippen LogP contribution in [0.25, 0.3) is 10.9 Å². The first kappa shape index (κ1) is 18.7. The lowest BCUT2D eigenvalue weighted by Crippen LogP contribution is -2.56. The van der Waals surface area contributed by atoms with Crippen LogP contribution < -0.4 is 0 Å². The van der Waals surface area contributed by atoms with Crippen LogP contribution >= 0.6 is 0 Å². The molecule has 28 heavy (non-hydrogen) atoms.